The monoisotopic (exact) mass is 307 g/mol. The predicted octanol–water partition coefficient (Wildman–Crippen LogP) is 4.29. The summed E-state index contributed by atoms with van der Waals surface area (Å²) >= 11 is 0. The summed E-state index contributed by atoms with van der Waals surface area (Å²) < 4.78 is 0. The van der Waals surface area contributed by atoms with Crippen molar-refractivity contribution in [1.82, 2.24) is 9.88 Å². The topological polar surface area (TPSA) is 19.4 Å². The van der Waals surface area contributed by atoms with Gasteiger partial charge in [-0.2, -0.15) is 0 Å². The van der Waals surface area contributed by atoms with Crippen molar-refractivity contribution in [3.05, 3.63) is 58.4 Å². The van der Waals surface area contributed by atoms with Crippen LogP contribution in [0.5, 0.6) is 0 Å². The van der Waals surface area contributed by atoms with Crippen molar-refractivity contribution < 1.29 is 0 Å². The summed E-state index contributed by atoms with van der Waals surface area (Å²) in [6.07, 6.45) is 1.54. The third-order valence-electron chi connectivity index (χ3n) is 5.72. The molecule has 120 valence electrons. The van der Waals surface area contributed by atoms with E-state index in [0.29, 0.717) is 18.2 Å². The Morgan fingerprint density at radius 1 is 1.04 bits per heavy atom. The Morgan fingerprint density at radius 2 is 1.70 bits per heavy atom. The van der Waals surface area contributed by atoms with Gasteiger partial charge in [0.1, 0.15) is 0 Å². The van der Waals surface area contributed by atoms with Crippen LogP contribution in [0.25, 0.3) is 0 Å². The molecule has 1 aliphatic carbocycles. The van der Waals surface area contributed by atoms with Crippen LogP contribution < -0.4 is 4.90 Å². The third kappa shape index (κ3) is 2.03. The molecule has 1 fully saturated rings. The van der Waals surface area contributed by atoms with Gasteiger partial charge in [-0.1, -0.05) is 24.3 Å². The van der Waals surface area contributed by atoms with Gasteiger partial charge in [-0.15, -0.1) is 0 Å². The van der Waals surface area contributed by atoms with Crippen molar-refractivity contribution in [1.29, 1.82) is 0 Å². The molecule has 0 spiro atoms. The van der Waals surface area contributed by atoms with Crippen LogP contribution in [0.15, 0.2) is 30.3 Å². The third-order valence-corrected chi connectivity index (χ3v) is 5.72. The molecule has 2 aliphatic rings. The number of rotatable bonds is 1. The number of hydrogen-bond acceptors (Lipinski definition) is 3. The van der Waals surface area contributed by atoms with Gasteiger partial charge in [0.15, 0.2) is 0 Å². The van der Waals surface area contributed by atoms with Crippen LogP contribution in [0, 0.1) is 20.8 Å². The zero-order valence-electron chi connectivity index (χ0n) is 14.7. The first-order chi connectivity index (χ1) is 11.0. The molecule has 1 aromatic heterocycles. The van der Waals surface area contributed by atoms with Gasteiger partial charge < -0.3 is 4.90 Å². The molecule has 1 saturated heterocycles. The van der Waals surface area contributed by atoms with E-state index in [1.165, 1.54) is 28.8 Å². The molecule has 0 amide bonds. The lowest BCUT2D eigenvalue weighted by molar-refractivity contribution is 0.131. The lowest BCUT2D eigenvalue weighted by Gasteiger charge is -2.47. The fraction of sp³-hybridized carbons (Fsp3) is 0.450. The molecule has 1 aliphatic heterocycles. The van der Waals surface area contributed by atoms with Crippen LogP contribution in [0.4, 0.5) is 5.69 Å². The van der Waals surface area contributed by atoms with E-state index in [1.54, 1.807) is 0 Å². The predicted molar refractivity (Wildman–Crippen MR) is 94.7 cm³/mol. The first kappa shape index (κ1) is 14.7. The van der Waals surface area contributed by atoms with Crippen LogP contribution >= 0.6 is 0 Å². The lowest BCUT2D eigenvalue weighted by atomic mass is 10.0. The second-order valence-corrected chi connectivity index (χ2v) is 7.12. The van der Waals surface area contributed by atoms with E-state index in [1.807, 2.05) is 0 Å². The number of benzene rings is 1. The van der Waals surface area contributed by atoms with Crippen molar-refractivity contribution in [3.8, 4) is 0 Å². The number of aryl methyl sites for hydroxylation is 3. The normalized spacial score (nSPS) is 26.5. The van der Waals surface area contributed by atoms with Crippen molar-refractivity contribution in [2.45, 2.75) is 52.4 Å². The number of hydrogen-bond donors (Lipinski definition) is 0. The van der Waals surface area contributed by atoms with E-state index in [-0.39, 0.29) is 0 Å². The Balaban J connectivity index is 1.90. The van der Waals surface area contributed by atoms with Gasteiger partial charge >= 0.3 is 0 Å². The summed E-state index contributed by atoms with van der Waals surface area (Å²) in [4.78, 5) is 9.86. The molecule has 3 atom stereocenters. The van der Waals surface area contributed by atoms with Crippen molar-refractivity contribution in [3.63, 3.8) is 0 Å². The lowest BCUT2D eigenvalue weighted by Crippen LogP contribution is -2.50. The molecule has 2 unspecified atom stereocenters. The van der Waals surface area contributed by atoms with Gasteiger partial charge in [-0.25, -0.2) is 0 Å². The van der Waals surface area contributed by atoms with E-state index in [2.05, 4.69) is 74.9 Å². The fourth-order valence-corrected chi connectivity index (χ4v) is 4.70. The highest BCUT2D eigenvalue weighted by Gasteiger charge is 2.45. The van der Waals surface area contributed by atoms with Crippen molar-refractivity contribution in [2.24, 2.45) is 0 Å². The highest BCUT2D eigenvalue weighted by atomic mass is 15.4. The zero-order chi connectivity index (χ0) is 16.3. The Morgan fingerprint density at radius 3 is 2.35 bits per heavy atom. The molecule has 0 radical (unpaired) electrons. The van der Waals surface area contributed by atoms with Gasteiger partial charge in [0.2, 0.25) is 0 Å². The largest absolute Gasteiger partial charge is 0.347 e. The van der Waals surface area contributed by atoms with Gasteiger partial charge in [0, 0.05) is 11.7 Å². The average Bonchev–Trinajstić information content (AvgIpc) is 2.85. The van der Waals surface area contributed by atoms with Crippen LogP contribution in [-0.2, 0) is 0 Å². The minimum atomic E-state index is 0.369. The number of anilines is 1. The number of aromatic nitrogens is 1. The Labute approximate surface area is 139 Å². The average molecular weight is 307 g/mol. The minimum Gasteiger partial charge on any atom is -0.347 e. The molecule has 0 saturated carbocycles. The summed E-state index contributed by atoms with van der Waals surface area (Å²) in [6.45, 7) is 8.77. The van der Waals surface area contributed by atoms with Gasteiger partial charge in [-0.3, -0.25) is 9.88 Å². The highest BCUT2D eigenvalue weighted by molar-refractivity contribution is 5.61. The van der Waals surface area contributed by atoms with Crippen molar-refractivity contribution >= 4 is 5.69 Å². The van der Waals surface area contributed by atoms with E-state index in [0.717, 1.165) is 11.4 Å². The van der Waals surface area contributed by atoms with E-state index >= 15 is 0 Å². The molecule has 23 heavy (non-hydrogen) atoms. The maximum absolute atomic E-state index is 4.75. The van der Waals surface area contributed by atoms with E-state index in [9.17, 15) is 0 Å². The smallest absolute Gasteiger partial charge is 0.0801 e. The summed E-state index contributed by atoms with van der Waals surface area (Å²) in [6, 6.07) is 12.2. The summed E-state index contributed by atoms with van der Waals surface area (Å²) in [5.74, 6) is 0. The first-order valence-electron chi connectivity index (χ1n) is 8.53. The Bertz CT molecular complexity index is 744. The number of nitrogens with zero attached hydrogens (tertiary/aromatic N) is 3. The fourth-order valence-electron chi connectivity index (χ4n) is 4.70. The molecule has 0 N–H and O–H groups in total. The molecule has 1 aromatic carbocycles. The maximum Gasteiger partial charge on any atom is 0.0801 e. The quantitative estimate of drug-likeness (QED) is 0.783. The van der Waals surface area contributed by atoms with Gasteiger partial charge in [0.25, 0.3) is 0 Å². The van der Waals surface area contributed by atoms with Crippen LogP contribution in [0.3, 0.4) is 0 Å². The van der Waals surface area contributed by atoms with Gasteiger partial charge in [0.05, 0.1) is 23.6 Å². The highest BCUT2D eigenvalue weighted by Crippen LogP contribution is 2.52. The molecule has 4 rings (SSSR count). The van der Waals surface area contributed by atoms with Crippen LogP contribution in [0.2, 0.25) is 0 Å². The molecule has 2 aromatic rings. The molecule has 2 bridgehead atoms. The molecular formula is C20H25N3. The van der Waals surface area contributed by atoms with Crippen LogP contribution in [-0.4, -0.2) is 23.1 Å². The number of pyridine rings is 1. The van der Waals surface area contributed by atoms with Crippen molar-refractivity contribution in [2.75, 3.05) is 11.9 Å². The first-order valence-corrected chi connectivity index (χ1v) is 8.53. The van der Waals surface area contributed by atoms with E-state index in [4.69, 9.17) is 4.98 Å². The van der Waals surface area contributed by atoms with Gasteiger partial charge in [-0.05, 0) is 63.9 Å². The molecule has 3 heteroatoms. The maximum atomic E-state index is 4.75. The molecule has 3 nitrogen and oxygen atoms in total. The number of fused-ring (bicyclic) bond motifs is 5. The van der Waals surface area contributed by atoms with E-state index < -0.39 is 0 Å². The SMILES string of the molecule is Cc1cc(C)c(N2C3CC(c4ccccc43)N(C)[C@@H]2C)c(C)n1. The van der Waals surface area contributed by atoms with Crippen LogP contribution in [0.1, 0.15) is 53.5 Å². The zero-order valence-corrected chi connectivity index (χ0v) is 14.7. The second-order valence-electron chi connectivity index (χ2n) is 7.12. The Kier molecular flexibility index (Phi) is 3.24. The molecular weight excluding hydrogens is 282 g/mol. The standard InChI is InChI=1S/C20H25N3/c1-12-10-13(2)21-14(3)20(12)23-15(4)22(5)18-11-19(23)17-9-7-6-8-16(17)18/h6-10,15,18-19H,11H2,1-5H3/t15-,18?,19?/m0/s1. The summed E-state index contributed by atoms with van der Waals surface area (Å²) in [5, 5.41) is 0. The minimum absolute atomic E-state index is 0.369. The summed E-state index contributed by atoms with van der Waals surface area (Å²) in [7, 11) is 2.26. The molecule has 2 heterocycles. The summed E-state index contributed by atoms with van der Waals surface area (Å²) in [5.41, 5.74) is 7.89. The second kappa shape index (κ2) is 5.07. The Hall–Kier alpha value is -1.87.